The minimum absolute atomic E-state index is 0.0528. The van der Waals surface area contributed by atoms with Crippen molar-refractivity contribution in [2.24, 2.45) is 5.41 Å². The van der Waals surface area contributed by atoms with Crippen LogP contribution in [0.3, 0.4) is 0 Å². The molecule has 226 valence electrons. The average Bonchev–Trinajstić information content (AvgIpc) is 3.50. The van der Waals surface area contributed by atoms with Gasteiger partial charge in [0, 0.05) is 50.8 Å². The topological polar surface area (TPSA) is 110 Å². The number of carbonyl (C=O) groups excluding carboxylic acids is 2. The summed E-state index contributed by atoms with van der Waals surface area (Å²) in [6.07, 6.45) is 9.33. The molecule has 2 amide bonds. The number of hydrogen-bond donors (Lipinski definition) is 1. The zero-order valence-corrected chi connectivity index (χ0v) is 25.2. The number of carbonyl (C=O) groups is 2. The van der Waals surface area contributed by atoms with E-state index in [-0.39, 0.29) is 23.4 Å². The van der Waals surface area contributed by atoms with Gasteiger partial charge in [0.25, 0.3) is 5.56 Å². The first-order chi connectivity index (χ1) is 20.7. The predicted octanol–water partition coefficient (Wildman–Crippen LogP) is 4.93. The molecule has 5 rings (SSSR count). The summed E-state index contributed by atoms with van der Waals surface area (Å²) in [5.74, 6) is 0.209. The maximum absolute atomic E-state index is 13.1. The monoisotopic (exact) mass is 585 g/mol. The van der Waals surface area contributed by atoms with E-state index in [4.69, 9.17) is 9.15 Å². The van der Waals surface area contributed by atoms with Gasteiger partial charge >= 0.3 is 0 Å². The molecule has 10 heteroatoms. The fourth-order valence-electron chi connectivity index (χ4n) is 5.60. The molecular formula is C33H39N5O5. The molecule has 0 saturated carbocycles. The molecule has 3 aromatic heterocycles. The Morgan fingerprint density at radius 2 is 1.79 bits per heavy atom. The predicted molar refractivity (Wildman–Crippen MR) is 166 cm³/mol. The van der Waals surface area contributed by atoms with Crippen molar-refractivity contribution in [1.29, 1.82) is 0 Å². The maximum Gasteiger partial charge on any atom is 0.261 e. The van der Waals surface area contributed by atoms with Crippen LogP contribution in [0.5, 0.6) is 5.75 Å². The molecular weight excluding hydrogens is 546 g/mol. The van der Waals surface area contributed by atoms with Gasteiger partial charge in [-0.2, -0.15) is 0 Å². The maximum atomic E-state index is 13.1. The first-order valence-corrected chi connectivity index (χ1v) is 14.8. The number of nitrogens with zero attached hydrogens (tertiary/aromatic N) is 4. The Labute approximate surface area is 251 Å². The standard InChI is InChI=1S/C33H39N5O5/c1-5-38-27-9-8-24(22-28(27)36(4)31(40)33(2,3)32(38)41)42-20-7-6-15-35-26(23-10-16-34-17-11-23)12-18-37-19-13-29-25(30(37)39)14-21-43-29/h8-11,13-14,16-17,19,21-22,26,35H,5-7,12,15,18,20H2,1-4H3. The SMILES string of the molecule is CCN1C(=O)C(C)(C)C(=O)N(C)c2cc(OCCCCNC(CCn3ccc4occc4c3=O)c3ccncc3)ccc21. The molecule has 43 heavy (non-hydrogen) atoms. The summed E-state index contributed by atoms with van der Waals surface area (Å²) in [5.41, 5.74) is 1.89. The number of amides is 2. The van der Waals surface area contributed by atoms with E-state index in [1.807, 2.05) is 43.3 Å². The number of aryl methyl sites for hydroxylation is 1. The number of anilines is 2. The van der Waals surface area contributed by atoms with Crippen molar-refractivity contribution in [3.63, 3.8) is 0 Å². The fourth-order valence-corrected chi connectivity index (χ4v) is 5.60. The average molecular weight is 586 g/mol. The van der Waals surface area contributed by atoms with Crippen molar-refractivity contribution >= 4 is 34.2 Å². The largest absolute Gasteiger partial charge is 0.494 e. The van der Waals surface area contributed by atoms with E-state index >= 15 is 0 Å². The second-order valence-corrected chi connectivity index (χ2v) is 11.3. The minimum Gasteiger partial charge on any atom is -0.494 e. The molecule has 1 unspecified atom stereocenters. The molecule has 1 atom stereocenters. The molecule has 0 radical (unpaired) electrons. The molecule has 1 N–H and O–H groups in total. The lowest BCUT2D eigenvalue weighted by atomic mass is 9.90. The summed E-state index contributed by atoms with van der Waals surface area (Å²) < 4.78 is 13.1. The van der Waals surface area contributed by atoms with Gasteiger partial charge in [0.15, 0.2) is 0 Å². The smallest absolute Gasteiger partial charge is 0.261 e. The fraction of sp³-hybridized carbons (Fsp3) is 0.394. The van der Waals surface area contributed by atoms with Crippen LogP contribution in [0.25, 0.3) is 11.0 Å². The molecule has 1 aromatic carbocycles. The van der Waals surface area contributed by atoms with Gasteiger partial charge in [0.1, 0.15) is 16.7 Å². The number of furan rings is 1. The normalized spacial score (nSPS) is 15.4. The Kier molecular flexibility index (Phi) is 8.96. The van der Waals surface area contributed by atoms with Crippen molar-refractivity contribution < 1.29 is 18.7 Å². The molecule has 1 aliphatic rings. The van der Waals surface area contributed by atoms with Crippen LogP contribution in [0.15, 0.2) is 76.5 Å². The zero-order valence-electron chi connectivity index (χ0n) is 25.2. The first-order valence-electron chi connectivity index (χ1n) is 14.8. The third kappa shape index (κ3) is 6.19. The molecule has 10 nitrogen and oxygen atoms in total. The molecule has 4 heterocycles. The Hall–Kier alpha value is -4.44. The second kappa shape index (κ2) is 12.8. The molecule has 4 aromatic rings. The van der Waals surface area contributed by atoms with E-state index in [0.717, 1.165) is 31.4 Å². The molecule has 0 spiro atoms. The lowest BCUT2D eigenvalue weighted by Crippen LogP contribution is -2.47. The van der Waals surface area contributed by atoms with Crippen molar-refractivity contribution in [3.8, 4) is 5.75 Å². The van der Waals surface area contributed by atoms with Gasteiger partial charge in [-0.25, -0.2) is 0 Å². The molecule has 1 aliphatic heterocycles. The van der Waals surface area contributed by atoms with Crippen LogP contribution < -0.4 is 25.4 Å². The van der Waals surface area contributed by atoms with Crippen molar-refractivity contribution in [3.05, 3.63) is 83.2 Å². The van der Waals surface area contributed by atoms with Gasteiger partial charge in [0.2, 0.25) is 11.8 Å². The Morgan fingerprint density at radius 3 is 2.56 bits per heavy atom. The summed E-state index contributed by atoms with van der Waals surface area (Å²) in [6.45, 7) is 7.58. The Bertz CT molecular complexity index is 1640. The highest BCUT2D eigenvalue weighted by atomic mass is 16.5. The number of aromatic nitrogens is 2. The van der Waals surface area contributed by atoms with E-state index in [1.165, 1.54) is 6.26 Å². The van der Waals surface area contributed by atoms with Gasteiger partial charge in [-0.1, -0.05) is 0 Å². The molecule has 0 saturated heterocycles. The second-order valence-electron chi connectivity index (χ2n) is 11.3. The number of fused-ring (bicyclic) bond motifs is 2. The van der Waals surface area contributed by atoms with Gasteiger partial charge in [-0.3, -0.25) is 19.4 Å². The summed E-state index contributed by atoms with van der Waals surface area (Å²) in [6, 6.07) is 13.1. The number of pyridine rings is 2. The minimum atomic E-state index is -1.14. The van der Waals surface area contributed by atoms with Gasteiger partial charge < -0.3 is 28.8 Å². The van der Waals surface area contributed by atoms with Crippen LogP contribution in [0.1, 0.15) is 51.6 Å². The molecule has 0 bridgehead atoms. The van der Waals surface area contributed by atoms with Crippen LogP contribution in [-0.4, -0.2) is 48.1 Å². The van der Waals surface area contributed by atoms with Crippen molar-refractivity contribution in [2.45, 2.75) is 52.6 Å². The molecule has 0 aliphatic carbocycles. The number of unbranched alkanes of at least 4 members (excludes halogenated alkanes) is 1. The highest BCUT2D eigenvalue weighted by Crippen LogP contribution is 2.40. The number of ether oxygens (including phenoxy) is 1. The van der Waals surface area contributed by atoms with Gasteiger partial charge in [-0.15, -0.1) is 0 Å². The van der Waals surface area contributed by atoms with Crippen LogP contribution in [0.2, 0.25) is 0 Å². The molecule has 0 fully saturated rings. The van der Waals surface area contributed by atoms with Crippen LogP contribution >= 0.6 is 0 Å². The number of rotatable bonds is 12. The van der Waals surface area contributed by atoms with Gasteiger partial charge in [0.05, 0.1) is 29.6 Å². The highest BCUT2D eigenvalue weighted by Gasteiger charge is 2.45. The Balaban J connectivity index is 1.16. The third-order valence-electron chi connectivity index (χ3n) is 8.12. The van der Waals surface area contributed by atoms with Crippen LogP contribution in [-0.2, 0) is 16.1 Å². The highest BCUT2D eigenvalue weighted by molar-refractivity contribution is 6.20. The van der Waals surface area contributed by atoms with E-state index in [9.17, 15) is 14.4 Å². The zero-order chi connectivity index (χ0) is 30.6. The summed E-state index contributed by atoms with van der Waals surface area (Å²) in [4.78, 5) is 46.4. The lowest BCUT2D eigenvalue weighted by Gasteiger charge is -2.27. The summed E-state index contributed by atoms with van der Waals surface area (Å²) >= 11 is 0. The number of benzene rings is 1. The summed E-state index contributed by atoms with van der Waals surface area (Å²) in [7, 11) is 1.70. The first kappa shape index (κ1) is 30.0. The summed E-state index contributed by atoms with van der Waals surface area (Å²) in [5, 5.41) is 4.23. The quantitative estimate of drug-likeness (QED) is 0.186. The van der Waals surface area contributed by atoms with Gasteiger partial charge in [-0.05, 0) is 88.5 Å². The lowest BCUT2D eigenvalue weighted by molar-refractivity contribution is -0.137. The van der Waals surface area contributed by atoms with Crippen LogP contribution in [0.4, 0.5) is 11.4 Å². The third-order valence-corrected chi connectivity index (χ3v) is 8.12. The van der Waals surface area contributed by atoms with Crippen molar-refractivity contribution in [2.75, 3.05) is 36.5 Å². The Morgan fingerprint density at radius 1 is 1.00 bits per heavy atom. The van der Waals surface area contributed by atoms with Crippen LogP contribution in [0, 0.1) is 5.41 Å². The number of nitrogens with one attached hydrogen (secondary N) is 1. The van der Waals surface area contributed by atoms with E-state index in [1.54, 1.807) is 59.9 Å². The van der Waals surface area contributed by atoms with Crippen molar-refractivity contribution in [1.82, 2.24) is 14.9 Å². The van der Waals surface area contributed by atoms with E-state index < -0.39 is 5.41 Å². The number of hydrogen-bond acceptors (Lipinski definition) is 7. The van der Waals surface area contributed by atoms with E-state index in [0.29, 0.717) is 47.8 Å². The van der Waals surface area contributed by atoms with E-state index in [2.05, 4.69) is 10.3 Å².